The van der Waals surface area contributed by atoms with E-state index in [-0.39, 0.29) is 15.7 Å². The number of anilines is 1. The highest BCUT2D eigenvalue weighted by atomic mass is 35.5. The molecule has 0 aliphatic rings. The molecule has 1 aromatic carbocycles. The molecule has 0 aliphatic carbocycles. The second kappa shape index (κ2) is 3.32. The monoisotopic (exact) mass is 243 g/mol. The Bertz CT molecular complexity index is 446. The first-order chi connectivity index (χ1) is 5.82. The quantitative estimate of drug-likeness (QED) is 0.608. The van der Waals surface area contributed by atoms with Crippen LogP contribution in [0.4, 0.5) is 9.57 Å². The molecule has 1 aromatic rings. The SMILES string of the molecule is Nc1cc(Cl)c(Cl)c(S(=O)(=O)F)c1. The van der Waals surface area contributed by atoms with Crippen molar-refractivity contribution in [2.75, 3.05) is 5.73 Å². The van der Waals surface area contributed by atoms with Gasteiger partial charge in [0.25, 0.3) is 0 Å². The minimum Gasteiger partial charge on any atom is -0.399 e. The molecule has 0 unspecified atom stereocenters. The third-order valence-corrected chi connectivity index (χ3v) is 3.04. The summed E-state index contributed by atoms with van der Waals surface area (Å²) < 4.78 is 33.5. The molecule has 0 spiro atoms. The molecule has 0 fully saturated rings. The molecule has 2 N–H and O–H groups in total. The van der Waals surface area contributed by atoms with Crippen LogP contribution in [0.3, 0.4) is 0 Å². The number of halogens is 3. The third kappa shape index (κ3) is 2.24. The molecule has 13 heavy (non-hydrogen) atoms. The second-order valence-corrected chi connectivity index (χ2v) is 4.35. The minimum absolute atomic E-state index is 0.0330. The molecule has 0 atom stereocenters. The Morgan fingerprint density at radius 3 is 2.31 bits per heavy atom. The van der Waals surface area contributed by atoms with E-state index in [1.807, 2.05) is 0 Å². The van der Waals surface area contributed by atoms with Gasteiger partial charge in [0, 0.05) is 5.69 Å². The van der Waals surface area contributed by atoms with Crippen molar-refractivity contribution in [2.24, 2.45) is 0 Å². The number of benzene rings is 1. The van der Waals surface area contributed by atoms with Crippen LogP contribution in [0, 0.1) is 0 Å². The largest absolute Gasteiger partial charge is 0.399 e. The summed E-state index contributed by atoms with van der Waals surface area (Å²) in [7, 11) is -4.87. The second-order valence-electron chi connectivity index (χ2n) is 2.25. The summed E-state index contributed by atoms with van der Waals surface area (Å²) in [4.78, 5) is -0.709. The average Bonchev–Trinajstić information content (AvgIpc) is 1.94. The maximum absolute atomic E-state index is 12.5. The van der Waals surface area contributed by atoms with Crippen LogP contribution >= 0.6 is 23.2 Å². The third-order valence-electron chi connectivity index (χ3n) is 1.28. The number of rotatable bonds is 1. The number of hydrogen-bond acceptors (Lipinski definition) is 3. The first-order valence-electron chi connectivity index (χ1n) is 3.01. The van der Waals surface area contributed by atoms with Crippen LogP contribution in [-0.2, 0) is 10.2 Å². The van der Waals surface area contributed by atoms with Crippen molar-refractivity contribution in [1.29, 1.82) is 0 Å². The van der Waals surface area contributed by atoms with E-state index in [9.17, 15) is 12.3 Å². The van der Waals surface area contributed by atoms with Crippen molar-refractivity contribution in [3.8, 4) is 0 Å². The summed E-state index contributed by atoms with van der Waals surface area (Å²) in [5, 5.41) is -0.462. The topological polar surface area (TPSA) is 60.2 Å². The van der Waals surface area contributed by atoms with E-state index in [1.54, 1.807) is 0 Å². The van der Waals surface area contributed by atoms with Crippen molar-refractivity contribution in [3.05, 3.63) is 22.2 Å². The van der Waals surface area contributed by atoms with Gasteiger partial charge in [0.2, 0.25) is 0 Å². The van der Waals surface area contributed by atoms with Gasteiger partial charge in [-0.3, -0.25) is 0 Å². The zero-order valence-electron chi connectivity index (χ0n) is 6.09. The van der Waals surface area contributed by atoms with Gasteiger partial charge < -0.3 is 5.73 Å². The lowest BCUT2D eigenvalue weighted by Gasteiger charge is -2.02. The first-order valence-corrected chi connectivity index (χ1v) is 5.15. The molecule has 0 aliphatic heterocycles. The lowest BCUT2D eigenvalue weighted by molar-refractivity contribution is 0.552. The molecule has 0 heterocycles. The predicted molar refractivity (Wildman–Crippen MR) is 49.2 cm³/mol. The molecular formula is C6H4Cl2FNO2S. The van der Waals surface area contributed by atoms with Crippen molar-refractivity contribution in [3.63, 3.8) is 0 Å². The van der Waals surface area contributed by atoms with E-state index >= 15 is 0 Å². The van der Waals surface area contributed by atoms with Gasteiger partial charge in [-0.15, -0.1) is 3.89 Å². The van der Waals surface area contributed by atoms with Crippen LogP contribution in [0.15, 0.2) is 17.0 Å². The molecule has 0 radical (unpaired) electrons. The predicted octanol–water partition coefficient (Wildman–Crippen LogP) is 2.23. The molecule has 3 nitrogen and oxygen atoms in total. The van der Waals surface area contributed by atoms with E-state index in [1.165, 1.54) is 6.07 Å². The van der Waals surface area contributed by atoms with Crippen LogP contribution < -0.4 is 5.73 Å². The molecule has 0 amide bonds. The molecule has 0 aromatic heterocycles. The Kier molecular flexibility index (Phi) is 2.70. The first kappa shape index (κ1) is 10.6. The van der Waals surface area contributed by atoms with Crippen LogP contribution in [0.1, 0.15) is 0 Å². The summed E-state index contributed by atoms with van der Waals surface area (Å²) in [6.45, 7) is 0. The highest BCUT2D eigenvalue weighted by Crippen LogP contribution is 2.32. The van der Waals surface area contributed by atoms with Gasteiger partial charge in [-0.1, -0.05) is 23.2 Å². The average molecular weight is 244 g/mol. The number of hydrogen-bond donors (Lipinski definition) is 1. The standard InChI is InChI=1S/C6H4Cl2FNO2S/c7-4-1-3(10)2-5(6(4)8)13(9,11)12/h1-2H,10H2. The Morgan fingerprint density at radius 1 is 1.31 bits per heavy atom. The highest BCUT2D eigenvalue weighted by molar-refractivity contribution is 7.86. The molecule has 0 saturated carbocycles. The highest BCUT2D eigenvalue weighted by Gasteiger charge is 2.19. The van der Waals surface area contributed by atoms with Crippen LogP contribution in [0.2, 0.25) is 10.0 Å². The van der Waals surface area contributed by atoms with E-state index in [0.29, 0.717) is 0 Å². The van der Waals surface area contributed by atoms with Gasteiger partial charge in [0.1, 0.15) is 4.90 Å². The fraction of sp³-hybridized carbons (Fsp3) is 0. The van der Waals surface area contributed by atoms with E-state index in [4.69, 9.17) is 28.9 Å². The zero-order valence-corrected chi connectivity index (χ0v) is 8.42. The van der Waals surface area contributed by atoms with Gasteiger partial charge in [0.05, 0.1) is 10.0 Å². The van der Waals surface area contributed by atoms with Crippen molar-refractivity contribution < 1.29 is 12.3 Å². The molecule has 1 rings (SSSR count). The molecule has 72 valence electrons. The van der Waals surface area contributed by atoms with Crippen molar-refractivity contribution >= 4 is 39.1 Å². The molecule has 0 saturated heterocycles. The summed E-state index contributed by atoms with van der Waals surface area (Å²) in [6, 6.07) is 2.14. The van der Waals surface area contributed by atoms with Gasteiger partial charge in [-0.2, -0.15) is 8.42 Å². The summed E-state index contributed by atoms with van der Waals surface area (Å²) in [5.41, 5.74) is 5.28. The Morgan fingerprint density at radius 2 is 1.85 bits per heavy atom. The lowest BCUT2D eigenvalue weighted by atomic mass is 10.3. The van der Waals surface area contributed by atoms with Gasteiger partial charge in [-0.05, 0) is 12.1 Å². The summed E-state index contributed by atoms with van der Waals surface area (Å²) in [5.74, 6) is 0. The maximum Gasteiger partial charge on any atom is 0.333 e. The van der Waals surface area contributed by atoms with Gasteiger partial charge in [0.15, 0.2) is 0 Å². The maximum atomic E-state index is 12.5. The molecule has 7 heteroatoms. The Balaban J connectivity index is 3.56. The fourth-order valence-electron chi connectivity index (χ4n) is 0.761. The zero-order chi connectivity index (χ0) is 10.2. The molecule has 0 bridgehead atoms. The van der Waals surface area contributed by atoms with E-state index in [2.05, 4.69) is 0 Å². The Labute approximate surface area is 84.5 Å². The lowest BCUT2D eigenvalue weighted by Crippen LogP contribution is -1.96. The van der Waals surface area contributed by atoms with Crippen LogP contribution in [0.5, 0.6) is 0 Å². The smallest absolute Gasteiger partial charge is 0.333 e. The summed E-state index contributed by atoms with van der Waals surface area (Å²) in [6.07, 6.45) is 0. The van der Waals surface area contributed by atoms with Gasteiger partial charge in [-0.25, -0.2) is 0 Å². The fourth-order valence-corrected chi connectivity index (χ4v) is 2.03. The summed E-state index contributed by atoms with van der Waals surface area (Å²) >= 11 is 10.9. The van der Waals surface area contributed by atoms with E-state index in [0.717, 1.165) is 6.07 Å². The van der Waals surface area contributed by atoms with Crippen molar-refractivity contribution in [2.45, 2.75) is 4.90 Å². The molecular weight excluding hydrogens is 240 g/mol. The van der Waals surface area contributed by atoms with Crippen LogP contribution in [0.25, 0.3) is 0 Å². The van der Waals surface area contributed by atoms with Crippen LogP contribution in [-0.4, -0.2) is 8.42 Å². The number of nitrogens with two attached hydrogens (primary N) is 1. The number of nitrogen functional groups attached to an aromatic ring is 1. The van der Waals surface area contributed by atoms with Gasteiger partial charge >= 0.3 is 10.2 Å². The van der Waals surface area contributed by atoms with E-state index < -0.39 is 15.1 Å². The Hall–Kier alpha value is -0.520. The normalized spacial score (nSPS) is 11.6. The van der Waals surface area contributed by atoms with Crippen molar-refractivity contribution in [1.82, 2.24) is 0 Å². The minimum atomic E-state index is -4.87.